The third-order valence-corrected chi connectivity index (χ3v) is 5.46. The predicted molar refractivity (Wildman–Crippen MR) is 117 cm³/mol. The highest BCUT2D eigenvalue weighted by atomic mass is 19.1. The van der Waals surface area contributed by atoms with Crippen molar-refractivity contribution in [1.29, 1.82) is 0 Å². The van der Waals surface area contributed by atoms with Gasteiger partial charge in [0, 0.05) is 49.3 Å². The topological polar surface area (TPSA) is 44.3 Å². The summed E-state index contributed by atoms with van der Waals surface area (Å²) in [7, 11) is 0. The molecule has 0 bridgehead atoms. The van der Waals surface area contributed by atoms with E-state index in [4.69, 9.17) is 4.98 Å². The lowest BCUT2D eigenvalue weighted by molar-refractivity contribution is 0.628. The Hall–Kier alpha value is -3.15. The minimum absolute atomic E-state index is 0.261. The Balaban J connectivity index is 1.47. The van der Waals surface area contributed by atoms with Crippen LogP contribution in [0.4, 0.5) is 27.5 Å². The number of anilines is 4. The van der Waals surface area contributed by atoms with Crippen molar-refractivity contribution in [2.24, 2.45) is 0 Å². The summed E-state index contributed by atoms with van der Waals surface area (Å²) in [6, 6.07) is 14.7. The number of rotatable bonds is 4. The first-order valence-corrected chi connectivity index (χ1v) is 9.94. The largest absolute Gasteiger partial charge is 0.368 e. The average molecular weight is 391 g/mol. The van der Waals surface area contributed by atoms with Gasteiger partial charge in [-0.2, -0.15) is 4.98 Å². The molecule has 0 spiro atoms. The molecule has 4 rings (SSSR count). The molecule has 0 radical (unpaired) electrons. The maximum atomic E-state index is 13.1. The van der Waals surface area contributed by atoms with Crippen molar-refractivity contribution in [2.45, 2.75) is 20.8 Å². The molecule has 3 aromatic rings. The molecule has 29 heavy (non-hydrogen) atoms. The van der Waals surface area contributed by atoms with Gasteiger partial charge in [0.1, 0.15) is 11.6 Å². The number of aromatic nitrogens is 2. The number of aryl methyl sites for hydroxylation is 2. The second-order valence-corrected chi connectivity index (χ2v) is 7.52. The zero-order valence-electron chi connectivity index (χ0n) is 17.1. The van der Waals surface area contributed by atoms with Gasteiger partial charge in [0.15, 0.2) is 0 Å². The van der Waals surface area contributed by atoms with Crippen LogP contribution in [-0.4, -0.2) is 36.1 Å². The molecule has 1 fully saturated rings. The van der Waals surface area contributed by atoms with Crippen molar-refractivity contribution in [3.63, 3.8) is 0 Å². The number of nitrogens with one attached hydrogen (secondary N) is 1. The second-order valence-electron chi connectivity index (χ2n) is 7.52. The van der Waals surface area contributed by atoms with Crippen molar-refractivity contribution >= 4 is 23.1 Å². The highest BCUT2D eigenvalue weighted by Crippen LogP contribution is 2.25. The number of benzene rings is 2. The molecule has 0 unspecified atom stereocenters. The summed E-state index contributed by atoms with van der Waals surface area (Å²) in [4.78, 5) is 13.9. The van der Waals surface area contributed by atoms with Gasteiger partial charge < -0.3 is 15.1 Å². The molecular weight excluding hydrogens is 365 g/mol. The zero-order valence-corrected chi connectivity index (χ0v) is 17.1. The molecule has 1 N–H and O–H groups in total. The lowest BCUT2D eigenvalue weighted by Gasteiger charge is -2.37. The first-order valence-electron chi connectivity index (χ1n) is 9.94. The highest BCUT2D eigenvalue weighted by Gasteiger charge is 2.20. The minimum Gasteiger partial charge on any atom is -0.368 e. The number of hydrogen-bond donors (Lipinski definition) is 1. The van der Waals surface area contributed by atoms with Crippen molar-refractivity contribution in [3.8, 4) is 0 Å². The van der Waals surface area contributed by atoms with Crippen molar-refractivity contribution in [3.05, 3.63) is 71.2 Å². The molecule has 0 amide bonds. The fourth-order valence-corrected chi connectivity index (χ4v) is 3.69. The second kappa shape index (κ2) is 8.07. The molecule has 6 heteroatoms. The maximum Gasteiger partial charge on any atom is 0.229 e. The molecule has 0 saturated carbocycles. The third-order valence-electron chi connectivity index (χ3n) is 5.46. The summed E-state index contributed by atoms with van der Waals surface area (Å²) >= 11 is 0. The first-order chi connectivity index (χ1) is 14.0. The lowest BCUT2D eigenvalue weighted by atomic mass is 10.1. The van der Waals surface area contributed by atoms with Crippen LogP contribution >= 0.6 is 0 Å². The summed E-state index contributed by atoms with van der Waals surface area (Å²) in [6.45, 7) is 10.0. The van der Waals surface area contributed by atoms with Crippen LogP contribution in [0.5, 0.6) is 0 Å². The molecule has 1 aliphatic rings. The number of piperazine rings is 1. The van der Waals surface area contributed by atoms with Gasteiger partial charge in [-0.25, -0.2) is 9.37 Å². The smallest absolute Gasteiger partial charge is 0.229 e. The molecule has 150 valence electrons. The van der Waals surface area contributed by atoms with Gasteiger partial charge in [0.05, 0.1) is 0 Å². The van der Waals surface area contributed by atoms with Crippen molar-refractivity contribution < 1.29 is 4.39 Å². The Morgan fingerprint density at radius 1 is 0.862 bits per heavy atom. The van der Waals surface area contributed by atoms with E-state index in [1.165, 1.54) is 28.9 Å². The lowest BCUT2D eigenvalue weighted by Crippen LogP contribution is -2.47. The molecule has 0 atom stereocenters. The van der Waals surface area contributed by atoms with E-state index >= 15 is 0 Å². The van der Waals surface area contributed by atoms with Gasteiger partial charge in [0.2, 0.25) is 5.95 Å². The van der Waals surface area contributed by atoms with E-state index in [2.05, 4.69) is 52.1 Å². The first kappa shape index (κ1) is 19.2. The van der Waals surface area contributed by atoms with Gasteiger partial charge in [-0.1, -0.05) is 12.1 Å². The van der Waals surface area contributed by atoms with E-state index in [1.54, 1.807) is 12.1 Å². The molecule has 0 aliphatic carbocycles. The Morgan fingerprint density at radius 2 is 1.55 bits per heavy atom. The molecule has 5 nitrogen and oxygen atoms in total. The normalized spacial score (nSPS) is 14.2. The molecule has 1 aliphatic heterocycles. The van der Waals surface area contributed by atoms with E-state index in [0.717, 1.165) is 43.4 Å². The van der Waals surface area contributed by atoms with Crippen molar-refractivity contribution in [1.82, 2.24) is 9.97 Å². The fraction of sp³-hybridized carbons (Fsp3) is 0.304. The van der Waals surface area contributed by atoms with Gasteiger partial charge in [-0.3, -0.25) is 0 Å². The standard InChI is InChI=1S/C23H26FN5/c1-16-5-4-6-21(18(16)3)28-11-13-29(14-12-28)22-15-17(2)25-23(27-22)26-20-9-7-19(24)8-10-20/h4-10,15H,11-14H2,1-3H3,(H,25,26,27). The predicted octanol–water partition coefficient (Wildman–Crippen LogP) is 4.61. The van der Waals surface area contributed by atoms with Crippen LogP contribution in [0.2, 0.25) is 0 Å². The molecular formula is C23H26FN5. The quantitative estimate of drug-likeness (QED) is 0.704. The van der Waals surface area contributed by atoms with Crippen LogP contribution in [-0.2, 0) is 0 Å². The Kier molecular flexibility index (Phi) is 5.34. The summed E-state index contributed by atoms with van der Waals surface area (Å²) in [5.41, 5.74) is 5.67. The van der Waals surface area contributed by atoms with E-state index < -0.39 is 0 Å². The molecule has 1 aromatic heterocycles. The van der Waals surface area contributed by atoms with Crippen molar-refractivity contribution in [2.75, 3.05) is 41.3 Å². The van der Waals surface area contributed by atoms with Crippen LogP contribution in [0.25, 0.3) is 0 Å². The summed E-state index contributed by atoms with van der Waals surface area (Å²) in [5.74, 6) is 1.19. The fourth-order valence-electron chi connectivity index (χ4n) is 3.69. The maximum absolute atomic E-state index is 13.1. The van der Waals surface area contributed by atoms with Crippen LogP contribution in [0.1, 0.15) is 16.8 Å². The number of nitrogens with zero attached hydrogens (tertiary/aromatic N) is 4. The SMILES string of the molecule is Cc1cc(N2CCN(c3cccc(C)c3C)CC2)nc(Nc2ccc(F)cc2)n1. The van der Waals surface area contributed by atoms with E-state index in [9.17, 15) is 4.39 Å². The van der Waals surface area contributed by atoms with E-state index in [-0.39, 0.29) is 5.82 Å². The number of hydrogen-bond acceptors (Lipinski definition) is 5. The van der Waals surface area contributed by atoms with Crippen LogP contribution in [0.3, 0.4) is 0 Å². The minimum atomic E-state index is -0.261. The monoisotopic (exact) mass is 391 g/mol. The van der Waals surface area contributed by atoms with E-state index in [1.807, 2.05) is 13.0 Å². The average Bonchev–Trinajstić information content (AvgIpc) is 2.72. The number of halogens is 1. The van der Waals surface area contributed by atoms with Crippen LogP contribution in [0.15, 0.2) is 48.5 Å². The Morgan fingerprint density at radius 3 is 2.28 bits per heavy atom. The zero-order chi connectivity index (χ0) is 20.4. The third kappa shape index (κ3) is 4.31. The summed E-state index contributed by atoms with van der Waals surface area (Å²) in [6.07, 6.45) is 0. The van der Waals surface area contributed by atoms with Gasteiger partial charge in [-0.05, 0) is 62.2 Å². The Labute approximate surface area is 171 Å². The summed E-state index contributed by atoms with van der Waals surface area (Å²) < 4.78 is 13.1. The van der Waals surface area contributed by atoms with Crippen LogP contribution in [0, 0.1) is 26.6 Å². The molecule has 2 aromatic carbocycles. The van der Waals surface area contributed by atoms with Gasteiger partial charge >= 0.3 is 0 Å². The van der Waals surface area contributed by atoms with Crippen LogP contribution < -0.4 is 15.1 Å². The van der Waals surface area contributed by atoms with Gasteiger partial charge in [0.25, 0.3) is 0 Å². The highest BCUT2D eigenvalue weighted by molar-refractivity contribution is 5.58. The van der Waals surface area contributed by atoms with E-state index in [0.29, 0.717) is 5.95 Å². The van der Waals surface area contributed by atoms with Gasteiger partial charge in [-0.15, -0.1) is 0 Å². The summed E-state index contributed by atoms with van der Waals surface area (Å²) in [5, 5.41) is 3.17. The Bertz CT molecular complexity index is 995. The molecule has 1 saturated heterocycles. The molecule has 2 heterocycles.